The molecule has 2 aromatic rings. The Morgan fingerprint density at radius 2 is 2.19 bits per heavy atom. The Morgan fingerprint density at radius 1 is 1.52 bits per heavy atom. The van der Waals surface area contributed by atoms with Crippen molar-refractivity contribution in [1.82, 2.24) is 0 Å². The molecule has 1 aromatic carbocycles. The molecular weight excluding hydrogens is 287 g/mol. The van der Waals surface area contributed by atoms with Crippen LogP contribution in [0.25, 0.3) is 11.0 Å². The van der Waals surface area contributed by atoms with Crippen LogP contribution in [0.15, 0.2) is 27.6 Å². The molecule has 0 aliphatic rings. The fourth-order valence-corrected chi connectivity index (χ4v) is 1.89. The van der Waals surface area contributed by atoms with Gasteiger partial charge in [-0.1, -0.05) is 0 Å². The first kappa shape index (κ1) is 14.6. The summed E-state index contributed by atoms with van der Waals surface area (Å²) in [6, 6.07) is 0.248. The molecule has 2 rings (SSSR count). The van der Waals surface area contributed by atoms with Gasteiger partial charge in [0.2, 0.25) is 5.58 Å². The highest BCUT2D eigenvalue weighted by Gasteiger charge is 2.22. The second kappa shape index (κ2) is 5.29. The van der Waals surface area contributed by atoms with E-state index in [1.54, 1.807) is 0 Å². The van der Waals surface area contributed by atoms with Gasteiger partial charge in [0.15, 0.2) is 5.43 Å². The van der Waals surface area contributed by atoms with E-state index in [2.05, 4.69) is 0 Å². The molecule has 0 saturated heterocycles. The van der Waals surface area contributed by atoms with Crippen molar-refractivity contribution >= 4 is 22.6 Å². The zero-order chi connectivity index (χ0) is 15.7. The zero-order valence-corrected chi connectivity index (χ0v) is 10.4. The van der Waals surface area contributed by atoms with Crippen LogP contribution < -0.4 is 11.2 Å². The summed E-state index contributed by atoms with van der Waals surface area (Å²) >= 11 is 0. The Hall–Kier alpha value is -2.81. The molecule has 3 N–H and O–H groups in total. The minimum Gasteiger partial charge on any atom is -0.481 e. The number of rotatable bonds is 4. The van der Waals surface area contributed by atoms with Gasteiger partial charge in [-0.2, -0.15) is 0 Å². The third-order valence-corrected chi connectivity index (χ3v) is 2.84. The van der Waals surface area contributed by atoms with E-state index in [-0.39, 0.29) is 10.9 Å². The molecule has 0 aliphatic heterocycles. The molecule has 110 valence electrons. The van der Waals surface area contributed by atoms with Crippen molar-refractivity contribution in [1.29, 1.82) is 0 Å². The highest BCUT2D eigenvalue weighted by Crippen LogP contribution is 2.26. The summed E-state index contributed by atoms with van der Waals surface area (Å²) < 4.78 is 18.4. The van der Waals surface area contributed by atoms with Gasteiger partial charge in [0.25, 0.3) is 0 Å². The molecule has 8 nitrogen and oxygen atoms in total. The van der Waals surface area contributed by atoms with Crippen LogP contribution in [0.2, 0.25) is 0 Å². The van der Waals surface area contributed by atoms with Gasteiger partial charge in [-0.05, 0) is 6.07 Å². The van der Waals surface area contributed by atoms with Crippen molar-refractivity contribution in [2.75, 3.05) is 0 Å². The Morgan fingerprint density at radius 3 is 2.76 bits per heavy atom. The average Bonchev–Trinajstić information content (AvgIpc) is 2.37. The molecule has 0 bridgehead atoms. The molecule has 0 radical (unpaired) electrons. The first-order valence-electron chi connectivity index (χ1n) is 5.68. The number of halogens is 1. The largest absolute Gasteiger partial charge is 0.481 e. The van der Waals surface area contributed by atoms with E-state index in [0.29, 0.717) is 6.07 Å². The lowest BCUT2D eigenvalue weighted by Gasteiger charge is -2.08. The maximum Gasteiger partial charge on any atom is 0.315 e. The number of non-ortho nitro benzene ring substituents is 1. The number of fused-ring (bicyclic) bond motifs is 1. The van der Waals surface area contributed by atoms with E-state index in [1.165, 1.54) is 0 Å². The van der Waals surface area contributed by atoms with Crippen molar-refractivity contribution < 1.29 is 23.6 Å². The number of aliphatic carboxylic acids is 1. The van der Waals surface area contributed by atoms with Crippen LogP contribution in [0.3, 0.4) is 0 Å². The van der Waals surface area contributed by atoms with E-state index in [4.69, 9.17) is 15.3 Å². The van der Waals surface area contributed by atoms with Gasteiger partial charge in [0.05, 0.1) is 28.4 Å². The SMILES string of the molecule is NC(CC(=O)O)c1coc2c([N+](=O)[O-])cc(F)cc2c1=O. The summed E-state index contributed by atoms with van der Waals surface area (Å²) in [6.07, 6.45) is 0.330. The lowest BCUT2D eigenvalue weighted by atomic mass is 10.0. The third kappa shape index (κ3) is 2.72. The number of nitro benzene ring substituents is 1. The molecule has 1 aromatic heterocycles. The van der Waals surface area contributed by atoms with Crippen LogP contribution in [-0.4, -0.2) is 16.0 Å². The normalized spacial score (nSPS) is 12.3. The minimum atomic E-state index is -1.23. The van der Waals surface area contributed by atoms with Crippen molar-refractivity contribution in [2.45, 2.75) is 12.5 Å². The number of nitrogens with two attached hydrogens (primary N) is 1. The quantitative estimate of drug-likeness (QED) is 0.641. The molecule has 1 atom stereocenters. The smallest absolute Gasteiger partial charge is 0.315 e. The molecule has 0 fully saturated rings. The topological polar surface area (TPSA) is 137 Å². The number of carboxylic acid groups (broad SMARTS) is 1. The Balaban J connectivity index is 2.70. The van der Waals surface area contributed by atoms with Crippen molar-refractivity contribution in [3.8, 4) is 0 Å². The van der Waals surface area contributed by atoms with Crippen LogP contribution in [0.5, 0.6) is 0 Å². The number of carbonyl (C=O) groups is 1. The minimum absolute atomic E-state index is 0.190. The molecule has 0 amide bonds. The maximum absolute atomic E-state index is 13.4. The molecule has 9 heteroatoms. The van der Waals surface area contributed by atoms with E-state index < -0.39 is 45.9 Å². The van der Waals surface area contributed by atoms with Crippen molar-refractivity contribution in [3.63, 3.8) is 0 Å². The number of benzene rings is 1. The summed E-state index contributed by atoms with van der Waals surface area (Å²) in [5.74, 6) is -2.21. The lowest BCUT2D eigenvalue weighted by Crippen LogP contribution is -2.22. The molecule has 0 aliphatic carbocycles. The summed E-state index contributed by atoms with van der Waals surface area (Å²) in [6.45, 7) is 0. The maximum atomic E-state index is 13.4. The predicted molar refractivity (Wildman–Crippen MR) is 68.3 cm³/mol. The lowest BCUT2D eigenvalue weighted by molar-refractivity contribution is -0.383. The van der Waals surface area contributed by atoms with Gasteiger partial charge in [0.1, 0.15) is 12.1 Å². The summed E-state index contributed by atoms with van der Waals surface area (Å²) in [5, 5.41) is 19.1. The molecule has 0 spiro atoms. The van der Waals surface area contributed by atoms with Crippen molar-refractivity contribution in [2.24, 2.45) is 5.73 Å². The second-order valence-electron chi connectivity index (χ2n) is 4.28. The van der Waals surface area contributed by atoms with Gasteiger partial charge in [0, 0.05) is 6.04 Å². The monoisotopic (exact) mass is 296 g/mol. The number of nitrogens with zero attached hydrogens (tertiary/aromatic N) is 1. The van der Waals surface area contributed by atoms with E-state index in [0.717, 1.165) is 12.3 Å². The van der Waals surface area contributed by atoms with Crippen LogP contribution in [0.4, 0.5) is 10.1 Å². The molecular formula is C12H9FN2O6. The zero-order valence-electron chi connectivity index (χ0n) is 10.4. The van der Waals surface area contributed by atoms with Gasteiger partial charge in [-0.3, -0.25) is 19.7 Å². The Kier molecular flexibility index (Phi) is 3.68. The molecule has 1 unspecified atom stereocenters. The molecule has 1 heterocycles. The predicted octanol–water partition coefficient (Wildman–Crippen LogP) is 1.31. The number of hydrogen-bond donors (Lipinski definition) is 2. The first-order valence-corrected chi connectivity index (χ1v) is 5.68. The molecule has 0 saturated carbocycles. The highest BCUT2D eigenvalue weighted by atomic mass is 19.1. The van der Waals surface area contributed by atoms with E-state index in [9.17, 15) is 24.1 Å². The number of hydrogen-bond acceptors (Lipinski definition) is 6. The number of carboxylic acids is 1. The summed E-state index contributed by atoms with van der Waals surface area (Å²) in [7, 11) is 0. The first-order chi connectivity index (χ1) is 9.81. The third-order valence-electron chi connectivity index (χ3n) is 2.84. The Labute approximate surface area is 115 Å². The highest BCUT2D eigenvalue weighted by molar-refractivity contribution is 5.85. The Bertz CT molecular complexity index is 800. The van der Waals surface area contributed by atoms with Gasteiger partial charge in [-0.15, -0.1) is 0 Å². The summed E-state index contributed by atoms with van der Waals surface area (Å²) in [4.78, 5) is 32.7. The van der Waals surface area contributed by atoms with E-state index in [1.807, 2.05) is 0 Å². The van der Waals surface area contributed by atoms with Gasteiger partial charge >= 0.3 is 11.7 Å². The van der Waals surface area contributed by atoms with Gasteiger partial charge < -0.3 is 15.3 Å². The van der Waals surface area contributed by atoms with E-state index >= 15 is 0 Å². The molecule has 21 heavy (non-hydrogen) atoms. The van der Waals surface area contributed by atoms with Crippen molar-refractivity contribution in [3.05, 3.63) is 50.1 Å². The average molecular weight is 296 g/mol. The summed E-state index contributed by atoms with van der Waals surface area (Å²) in [5.41, 5.74) is 3.48. The standard InChI is InChI=1S/C12H9FN2O6/c13-5-1-6-11(18)7(8(14)3-10(16)17)4-21-12(6)9(2-5)15(19)20/h1-2,4,8H,3,14H2,(H,16,17). The van der Waals surface area contributed by atoms with Crippen LogP contribution in [0, 0.1) is 15.9 Å². The number of nitro groups is 1. The second-order valence-corrected chi connectivity index (χ2v) is 4.28. The van der Waals surface area contributed by atoms with Crippen LogP contribution in [-0.2, 0) is 4.79 Å². The fraction of sp³-hybridized carbons (Fsp3) is 0.167. The fourth-order valence-electron chi connectivity index (χ4n) is 1.89. The van der Waals surface area contributed by atoms with Gasteiger partial charge in [-0.25, -0.2) is 4.39 Å². The van der Waals surface area contributed by atoms with Crippen LogP contribution in [0.1, 0.15) is 18.0 Å². The van der Waals surface area contributed by atoms with Crippen LogP contribution >= 0.6 is 0 Å².